The molecule has 1 saturated heterocycles. The summed E-state index contributed by atoms with van der Waals surface area (Å²) in [6, 6.07) is -3.73. The maximum Gasteiger partial charge on any atom is 0.304 e. The summed E-state index contributed by atoms with van der Waals surface area (Å²) in [6.45, 7) is 3.64. The summed E-state index contributed by atoms with van der Waals surface area (Å²) in [5, 5.41) is 53.8. The Morgan fingerprint density at radius 1 is 0.871 bits per heavy atom. The highest BCUT2D eigenvalue weighted by Gasteiger charge is 2.45. The molecule has 1 aromatic carbocycles. The van der Waals surface area contributed by atoms with E-state index in [9.17, 15) is 72.9 Å². The molecule has 5 rings (SSSR count). The third kappa shape index (κ3) is 19.4. The average Bonchev–Trinajstić information content (AvgIpc) is 1.92. The van der Waals surface area contributed by atoms with Crippen LogP contribution in [0.15, 0.2) is 17.2 Å². The Hall–Kier alpha value is -6.62. The lowest BCUT2D eigenvalue weighted by atomic mass is 9.85. The van der Waals surface area contributed by atoms with Crippen molar-refractivity contribution in [2.24, 2.45) is 35.3 Å². The Kier molecular flexibility index (Phi) is 26.7. The van der Waals surface area contributed by atoms with Gasteiger partial charge in [-0.15, -0.1) is 0 Å². The van der Waals surface area contributed by atoms with E-state index in [0.717, 1.165) is 4.90 Å². The summed E-state index contributed by atoms with van der Waals surface area (Å²) in [4.78, 5) is 168. The minimum absolute atomic E-state index is 0.0278. The molecule has 7 amide bonds. The van der Waals surface area contributed by atoms with Crippen LogP contribution in [0.4, 0.5) is 0 Å². The number of aliphatic hydroxyl groups excluding tert-OH is 3. The number of aliphatic hydroxyl groups is 3. The number of carboxylic acids is 1. The number of carbonyl (C=O) groups is 12. The van der Waals surface area contributed by atoms with Gasteiger partial charge >= 0.3 is 5.97 Å². The number of nitrogens with zero attached hydrogens (tertiary/aromatic N) is 1. The number of aliphatic carboxylic acids is 1. The van der Waals surface area contributed by atoms with Crippen molar-refractivity contribution in [3.63, 3.8) is 0 Å². The molecule has 0 aliphatic carbocycles. The first kappa shape index (κ1) is 69.2. The Bertz CT molecular complexity index is 2850. The summed E-state index contributed by atoms with van der Waals surface area (Å²) in [5.41, 5.74) is 6.64. The minimum Gasteiger partial charge on any atom is -0.496 e. The molecule has 85 heavy (non-hydrogen) atoms. The molecule has 4 heterocycles. The number of nitrogens with one attached hydrogen (secondary N) is 6. The van der Waals surface area contributed by atoms with E-state index in [0.29, 0.717) is 66.5 Å². The Morgan fingerprint density at radius 3 is 2.24 bits per heavy atom. The maximum absolute atomic E-state index is 15.3. The monoisotopic (exact) mass is 1230 g/mol. The van der Waals surface area contributed by atoms with Crippen LogP contribution in [0.25, 0.3) is 10.9 Å². The van der Waals surface area contributed by atoms with Crippen LogP contribution in [-0.2, 0) is 80.5 Å². The number of amides is 7. The molecule has 12 N–H and O–H groups in total. The van der Waals surface area contributed by atoms with Crippen molar-refractivity contribution in [3.8, 4) is 5.75 Å². The van der Waals surface area contributed by atoms with E-state index >= 15 is 4.21 Å². The smallest absolute Gasteiger partial charge is 0.304 e. The summed E-state index contributed by atoms with van der Waals surface area (Å²) < 4.78 is 21.1. The first-order valence-electron chi connectivity index (χ1n) is 28.8. The molecule has 26 nitrogen and oxygen atoms in total. The highest BCUT2D eigenvalue weighted by Crippen LogP contribution is 2.37. The third-order valence-corrected chi connectivity index (χ3v) is 18.6. The molecule has 470 valence electrons. The minimum atomic E-state index is -2.42. The number of aromatic nitrogens is 1. The fourth-order valence-electron chi connectivity index (χ4n) is 10.8. The van der Waals surface area contributed by atoms with Gasteiger partial charge in [0.1, 0.15) is 40.5 Å². The Morgan fingerprint density at radius 2 is 1.56 bits per heavy atom. The highest BCUT2D eigenvalue weighted by molar-refractivity contribution is 7.98. The number of hydrogen-bond acceptors (Lipinski definition) is 18. The second kappa shape index (κ2) is 32.8. The van der Waals surface area contributed by atoms with Gasteiger partial charge in [0.25, 0.3) is 0 Å². The van der Waals surface area contributed by atoms with Crippen LogP contribution in [-0.4, -0.2) is 186 Å². The molecule has 0 saturated carbocycles. The number of carboxylic acid groups (broad SMARTS) is 1. The van der Waals surface area contributed by atoms with Gasteiger partial charge < -0.3 is 67.4 Å². The Labute approximate surface area is 499 Å². The molecule has 0 spiro atoms. The number of fused-ring (bicyclic) bond motifs is 5. The number of aromatic amines is 1. The number of primary amides is 1. The number of ether oxygens (including phenoxy) is 1. The van der Waals surface area contributed by atoms with Gasteiger partial charge in [-0.1, -0.05) is 40.5 Å². The van der Waals surface area contributed by atoms with Crippen molar-refractivity contribution < 1.29 is 86.9 Å². The van der Waals surface area contributed by atoms with Crippen LogP contribution in [0.3, 0.4) is 0 Å². The van der Waals surface area contributed by atoms with E-state index < -0.39 is 200 Å². The van der Waals surface area contributed by atoms with Gasteiger partial charge in [-0.3, -0.25) is 61.7 Å². The summed E-state index contributed by atoms with van der Waals surface area (Å²) >= 11 is 1.44. The summed E-state index contributed by atoms with van der Waals surface area (Å²) in [5.74, 6) is -14.0. The lowest BCUT2D eigenvalue weighted by Gasteiger charge is -2.32. The van der Waals surface area contributed by atoms with Crippen molar-refractivity contribution in [1.82, 2.24) is 36.5 Å². The highest BCUT2D eigenvalue weighted by atomic mass is 32.2. The van der Waals surface area contributed by atoms with Gasteiger partial charge in [-0.2, -0.15) is 11.8 Å². The Balaban J connectivity index is 1.61. The van der Waals surface area contributed by atoms with Crippen LogP contribution in [0.5, 0.6) is 5.75 Å². The van der Waals surface area contributed by atoms with Gasteiger partial charge in [0.15, 0.2) is 11.6 Å². The molecule has 2 bridgehead atoms. The number of Topliss-reactive ketones (excluding diaryl/α,β-unsaturated/α-hetero) is 4. The molecule has 28 heteroatoms. The van der Waals surface area contributed by atoms with Gasteiger partial charge in [0.2, 0.25) is 41.4 Å². The van der Waals surface area contributed by atoms with Gasteiger partial charge in [0, 0.05) is 85.4 Å². The summed E-state index contributed by atoms with van der Waals surface area (Å²) in [6.07, 6.45) is -2.63. The number of methoxy groups -OCH3 is 1. The number of nitrogens with two attached hydrogens (primary N) is 1. The molecule has 2 aromatic rings. The topological polar surface area (TPSA) is 417 Å². The molecule has 1 fully saturated rings. The van der Waals surface area contributed by atoms with Crippen molar-refractivity contribution in [2.45, 2.75) is 165 Å². The number of thioether (sulfide) groups is 1. The average molecular weight is 1230 g/mol. The molecule has 1 aromatic heterocycles. The number of rotatable bonds is 23. The largest absolute Gasteiger partial charge is 0.496 e. The second-order valence-electron chi connectivity index (χ2n) is 22.4. The fraction of sp³-hybridized carbons (Fsp3) is 0.649. The van der Waals surface area contributed by atoms with Crippen molar-refractivity contribution >= 4 is 104 Å². The van der Waals surface area contributed by atoms with E-state index in [1.54, 1.807) is 32.9 Å². The summed E-state index contributed by atoms with van der Waals surface area (Å²) in [7, 11) is -0.994. The zero-order valence-electron chi connectivity index (χ0n) is 48.7. The SMILES string of the molecule is CC[C@H](C)[C@@H]1CC(=O)CNC(=O)[C@H]2CC(=O)[C@H]([C@@H](C)[C@@H](O)CO)NC(=O)[C@@H]3C[C@@H](O)CN3C(=O)[C@H](CC(N)=O)NC(=O)[C@H](CS(=O)c3[nH]c4c(CSCCCC(=O)CCCCCC(=O)C(C)CC(=O)O)c(OC)ccc4c3C2)NC(=O)CNC1=O. The number of benzene rings is 1. The first-order valence-corrected chi connectivity index (χ1v) is 31.2. The molecular weight excluding hydrogens is 1150 g/mol. The first-order chi connectivity index (χ1) is 40.3. The van der Waals surface area contributed by atoms with Gasteiger partial charge in [0.05, 0.1) is 80.0 Å². The third-order valence-electron chi connectivity index (χ3n) is 16.0. The second-order valence-corrected chi connectivity index (χ2v) is 25.0. The van der Waals surface area contributed by atoms with Crippen LogP contribution in [0.1, 0.15) is 122 Å². The molecule has 3 aliphatic heterocycles. The predicted molar refractivity (Wildman–Crippen MR) is 309 cm³/mol. The number of unbranched alkanes of at least 4 members (excludes halogenated alkanes) is 2. The maximum atomic E-state index is 15.3. The molecule has 0 radical (unpaired) electrons. The van der Waals surface area contributed by atoms with Crippen molar-refractivity contribution in [3.05, 3.63) is 23.3 Å². The van der Waals surface area contributed by atoms with E-state index in [2.05, 4.69) is 31.6 Å². The number of hydrogen-bond donors (Lipinski definition) is 11. The van der Waals surface area contributed by atoms with E-state index in [1.165, 1.54) is 25.8 Å². The lowest BCUT2D eigenvalue weighted by Crippen LogP contribution is -2.60. The molecule has 3 aliphatic rings. The zero-order valence-corrected chi connectivity index (χ0v) is 50.3. The number of carbonyl (C=O) groups excluding carboxylic acids is 11. The standard InChI is InChI=1S/C57H82N8O18S2/c1-6-29(2)37-20-34(68)23-59-52(77)32-18-38-36-14-15-46(83-5)39(27-84-16-10-12-33(67)11-8-7-9-13-43(70)30(3)17-49(75)76)51(36)64-56(38)85(82)28-41(61-48(74)24-60-53(37)78)54(79)62-40(22-47(58)73)57(81)65-25-35(69)21-42(65)55(80)63-50(44(71)19-32)31(4)45(72)26-66/h14-15,29-32,35,37,40-42,45,50,64,66,69,72H,6-13,16-28H2,1-5H3,(H2,58,73)(H,59,77)(H,60,78)(H,61,74)(H,62,79)(H,63,80)(H,75,76)/t29-,30?,31-,32+,35+,37-,40-,41-,42-,45-,50-,85?/m0/s1. The van der Waals surface area contributed by atoms with Gasteiger partial charge in [-0.25, -0.2) is 0 Å². The van der Waals surface area contributed by atoms with E-state index in [1.807, 2.05) is 0 Å². The zero-order chi connectivity index (χ0) is 62.8. The van der Waals surface area contributed by atoms with Crippen molar-refractivity contribution in [2.75, 3.05) is 44.9 Å². The molecule has 2 unspecified atom stereocenters. The normalized spacial score (nSPS) is 24.8. The number of ketones is 4. The van der Waals surface area contributed by atoms with Crippen LogP contribution >= 0.6 is 11.8 Å². The number of H-pyrrole nitrogens is 1. The van der Waals surface area contributed by atoms with E-state index in [4.69, 9.17) is 15.6 Å². The van der Waals surface area contributed by atoms with E-state index in [-0.39, 0.29) is 47.2 Å². The lowest BCUT2D eigenvalue weighted by molar-refractivity contribution is -0.144. The molecular formula is C57H82N8O18S2. The molecule has 12 atom stereocenters. The quantitative estimate of drug-likeness (QED) is 0.0641. The van der Waals surface area contributed by atoms with Crippen LogP contribution < -0.4 is 37.1 Å². The van der Waals surface area contributed by atoms with Crippen molar-refractivity contribution in [1.29, 1.82) is 0 Å². The van der Waals surface area contributed by atoms with Gasteiger partial charge in [-0.05, 0) is 55.1 Å². The van der Waals surface area contributed by atoms with Crippen LogP contribution in [0.2, 0.25) is 0 Å². The van der Waals surface area contributed by atoms with Crippen LogP contribution in [0, 0.1) is 29.6 Å². The fourth-order valence-corrected chi connectivity index (χ4v) is 13.2. The predicted octanol–water partition coefficient (Wildman–Crippen LogP) is -0.223.